The first-order valence-corrected chi connectivity index (χ1v) is 14.6. The first kappa shape index (κ1) is 10.0. The molecule has 110 valence electrons. The van der Waals surface area contributed by atoms with Crippen molar-refractivity contribution in [3.05, 3.63) is 72.8 Å². The van der Waals surface area contributed by atoms with Gasteiger partial charge in [-0.3, -0.25) is 0 Å². The molecule has 0 aliphatic heterocycles. The summed E-state index contributed by atoms with van der Waals surface area (Å²) >= 11 is -2.43. The van der Waals surface area contributed by atoms with E-state index in [2.05, 4.69) is 22.3 Å². The van der Waals surface area contributed by atoms with Crippen LogP contribution in [0.25, 0.3) is 22.4 Å². The van der Waals surface area contributed by atoms with Gasteiger partial charge < -0.3 is 0 Å². The van der Waals surface area contributed by atoms with E-state index in [1.807, 2.05) is 42.6 Å². The molecular weight excluding hydrogens is 327 g/mol. The minimum absolute atomic E-state index is 0.167. The molecule has 1 heterocycles. The molecule has 0 aliphatic carbocycles. The SMILES string of the molecule is [2H]c1c([2H])c([2H])c(-c2cc(-c3ccccc3)nc[c]2[Ge]([CH3])([CH3])[CH3])c([2H])c1[2H]. The third kappa shape index (κ3) is 3.15. The Kier molecular flexibility index (Phi) is 2.77. The van der Waals surface area contributed by atoms with Gasteiger partial charge in [0.2, 0.25) is 0 Å². The Morgan fingerprint density at radius 1 is 0.909 bits per heavy atom. The Bertz CT molecular complexity index is 984. The summed E-state index contributed by atoms with van der Waals surface area (Å²) in [5.41, 5.74) is 2.62. The van der Waals surface area contributed by atoms with Gasteiger partial charge in [0.15, 0.2) is 0 Å². The van der Waals surface area contributed by atoms with Gasteiger partial charge in [0.1, 0.15) is 0 Å². The summed E-state index contributed by atoms with van der Waals surface area (Å²) in [6.07, 6.45) is 1.83. The predicted octanol–water partition coefficient (Wildman–Crippen LogP) is 4.96. The van der Waals surface area contributed by atoms with Gasteiger partial charge in [-0.25, -0.2) is 0 Å². The van der Waals surface area contributed by atoms with E-state index >= 15 is 0 Å². The molecule has 22 heavy (non-hydrogen) atoms. The molecule has 0 N–H and O–H groups in total. The molecule has 0 bridgehead atoms. The fourth-order valence-corrected chi connectivity index (χ4v) is 5.47. The van der Waals surface area contributed by atoms with Crippen LogP contribution in [0.1, 0.15) is 6.85 Å². The minimum atomic E-state index is -2.43. The van der Waals surface area contributed by atoms with Crippen molar-refractivity contribution >= 4 is 17.7 Å². The van der Waals surface area contributed by atoms with Crippen molar-refractivity contribution in [2.75, 3.05) is 0 Å². The van der Waals surface area contributed by atoms with E-state index in [0.29, 0.717) is 5.56 Å². The van der Waals surface area contributed by atoms with Crippen LogP contribution in [-0.2, 0) is 0 Å². The van der Waals surface area contributed by atoms with Crippen molar-refractivity contribution < 1.29 is 6.85 Å². The number of aromatic nitrogens is 1. The number of hydrogen-bond donors (Lipinski definition) is 0. The maximum atomic E-state index is 8.38. The van der Waals surface area contributed by atoms with Gasteiger partial charge in [-0.05, 0) is 0 Å². The zero-order valence-corrected chi connectivity index (χ0v) is 15.1. The van der Waals surface area contributed by atoms with Crippen LogP contribution in [0.15, 0.2) is 72.8 Å². The second-order valence-electron chi connectivity index (χ2n) is 6.23. The van der Waals surface area contributed by atoms with E-state index in [1.54, 1.807) is 0 Å². The van der Waals surface area contributed by atoms with Crippen molar-refractivity contribution in [3.8, 4) is 22.4 Å². The average molecular weight is 353 g/mol. The third-order valence-corrected chi connectivity index (χ3v) is 7.78. The van der Waals surface area contributed by atoms with Crippen LogP contribution in [-0.4, -0.2) is 18.3 Å². The molecule has 2 heteroatoms. The number of nitrogens with zero attached hydrogens (tertiary/aromatic N) is 1. The first-order valence-electron chi connectivity index (χ1n) is 9.76. The Labute approximate surface area is 142 Å². The monoisotopic (exact) mass is 354 g/mol. The van der Waals surface area contributed by atoms with Crippen molar-refractivity contribution in [2.45, 2.75) is 17.3 Å². The Balaban J connectivity index is 2.38. The number of benzene rings is 2. The van der Waals surface area contributed by atoms with Crippen molar-refractivity contribution in [3.63, 3.8) is 0 Å². The number of rotatable bonds is 3. The van der Waals surface area contributed by atoms with Gasteiger partial charge in [0.25, 0.3) is 0 Å². The summed E-state index contributed by atoms with van der Waals surface area (Å²) in [5.74, 6) is 6.62. The molecule has 3 rings (SSSR count). The van der Waals surface area contributed by atoms with E-state index in [0.717, 1.165) is 15.7 Å². The average Bonchev–Trinajstić information content (AvgIpc) is 2.65. The molecule has 0 fully saturated rings. The van der Waals surface area contributed by atoms with Crippen LogP contribution in [0.3, 0.4) is 0 Å². The molecule has 0 saturated heterocycles. The molecule has 0 unspecified atom stereocenters. The van der Waals surface area contributed by atoms with Gasteiger partial charge in [-0.2, -0.15) is 0 Å². The van der Waals surface area contributed by atoms with Crippen LogP contribution in [0.5, 0.6) is 0 Å². The molecule has 1 aromatic heterocycles. The van der Waals surface area contributed by atoms with E-state index in [4.69, 9.17) is 6.85 Å². The van der Waals surface area contributed by atoms with E-state index in [1.165, 1.54) is 0 Å². The summed E-state index contributed by atoms with van der Waals surface area (Å²) in [7, 11) is 0. The molecule has 0 spiro atoms. The molecular formula is C20H21GeN. The summed E-state index contributed by atoms with van der Waals surface area (Å²) in [4.78, 5) is 4.62. The molecule has 0 aliphatic rings. The third-order valence-electron chi connectivity index (χ3n) is 3.55. The van der Waals surface area contributed by atoms with Crippen molar-refractivity contribution in [1.29, 1.82) is 0 Å². The summed E-state index contributed by atoms with van der Waals surface area (Å²) in [5, 5.41) is 0. The zero-order chi connectivity index (χ0) is 19.9. The quantitative estimate of drug-likeness (QED) is 0.607. The zero-order valence-electron chi connectivity index (χ0n) is 18.0. The normalized spacial score (nSPS) is 14.6. The van der Waals surface area contributed by atoms with Crippen LogP contribution >= 0.6 is 0 Å². The fraction of sp³-hybridized carbons (Fsp3) is 0.150. The number of pyridine rings is 1. The van der Waals surface area contributed by atoms with E-state index in [-0.39, 0.29) is 35.8 Å². The predicted molar refractivity (Wildman–Crippen MR) is 98.1 cm³/mol. The van der Waals surface area contributed by atoms with Gasteiger partial charge >= 0.3 is 142 Å². The fourth-order valence-electron chi connectivity index (χ4n) is 2.41. The molecule has 3 aromatic rings. The van der Waals surface area contributed by atoms with Crippen LogP contribution < -0.4 is 4.40 Å². The summed E-state index contributed by atoms with van der Waals surface area (Å²) in [6, 6.07) is 10.2. The van der Waals surface area contributed by atoms with Crippen LogP contribution in [0.4, 0.5) is 0 Å². The van der Waals surface area contributed by atoms with Crippen molar-refractivity contribution in [2.24, 2.45) is 0 Å². The van der Waals surface area contributed by atoms with Crippen molar-refractivity contribution in [1.82, 2.24) is 4.98 Å². The van der Waals surface area contributed by atoms with E-state index < -0.39 is 13.3 Å². The molecule has 0 radical (unpaired) electrons. The molecule has 2 aromatic carbocycles. The maximum absolute atomic E-state index is 8.38. The first-order chi connectivity index (χ1) is 12.6. The summed E-state index contributed by atoms with van der Waals surface area (Å²) in [6.45, 7) is 0. The van der Waals surface area contributed by atoms with Gasteiger partial charge in [0, 0.05) is 0 Å². The summed E-state index contributed by atoms with van der Waals surface area (Å²) < 4.78 is 41.7. The Hall–Kier alpha value is -1.87. The van der Waals surface area contributed by atoms with Gasteiger partial charge in [-0.1, -0.05) is 0 Å². The second kappa shape index (κ2) is 6.09. The van der Waals surface area contributed by atoms with E-state index in [9.17, 15) is 0 Å². The second-order valence-corrected chi connectivity index (χ2v) is 16.8. The van der Waals surface area contributed by atoms with Crippen LogP contribution in [0, 0.1) is 0 Å². The van der Waals surface area contributed by atoms with Crippen LogP contribution in [0.2, 0.25) is 17.3 Å². The van der Waals surface area contributed by atoms with Gasteiger partial charge in [-0.15, -0.1) is 0 Å². The Morgan fingerprint density at radius 3 is 2.23 bits per heavy atom. The number of hydrogen-bond acceptors (Lipinski definition) is 1. The van der Waals surface area contributed by atoms with Gasteiger partial charge in [0.05, 0.1) is 0 Å². The molecule has 0 atom stereocenters. The molecule has 0 amide bonds. The molecule has 0 saturated carbocycles. The molecule has 1 nitrogen and oxygen atoms in total. The standard InChI is InChI=1S/C20H21GeN/c1-21(2,3)19-15-22-20(17-12-8-5-9-13-17)14-18(19)16-10-6-4-7-11-16/h4-15H,1-3H3/i4D,6D,7D,10D,11D. The topological polar surface area (TPSA) is 12.9 Å². The Morgan fingerprint density at radius 2 is 1.59 bits per heavy atom.